The van der Waals surface area contributed by atoms with Crippen LogP contribution in [0, 0.1) is 17.1 Å². The Morgan fingerprint density at radius 1 is 1.23 bits per heavy atom. The lowest BCUT2D eigenvalue weighted by atomic mass is 10.1. The van der Waals surface area contributed by atoms with Crippen molar-refractivity contribution in [2.24, 2.45) is 0 Å². The molecule has 0 unspecified atom stereocenters. The molecule has 10 heteroatoms. The number of nitrogens with zero attached hydrogens (tertiary/aromatic N) is 4. The summed E-state index contributed by atoms with van der Waals surface area (Å²) >= 11 is 0. The number of hydrogen-bond acceptors (Lipinski definition) is 6. The minimum absolute atomic E-state index is 0.151. The minimum Gasteiger partial charge on any atom is -0.444 e. The predicted octanol–water partition coefficient (Wildman–Crippen LogP) is 4.94. The van der Waals surface area contributed by atoms with Crippen LogP contribution in [-0.4, -0.2) is 45.4 Å². The summed E-state index contributed by atoms with van der Waals surface area (Å²) in [4.78, 5) is 36.5. The highest BCUT2D eigenvalue weighted by Gasteiger charge is 2.28. The van der Waals surface area contributed by atoms with Crippen molar-refractivity contribution in [3.63, 3.8) is 0 Å². The Labute approximate surface area is 231 Å². The number of aromatic nitrogens is 3. The van der Waals surface area contributed by atoms with Gasteiger partial charge >= 0.3 is 6.09 Å². The fourth-order valence-electron chi connectivity index (χ4n) is 4.95. The summed E-state index contributed by atoms with van der Waals surface area (Å²) in [5.74, 6) is 0.0897. The Bertz CT molecular complexity index is 1650. The van der Waals surface area contributed by atoms with Gasteiger partial charge < -0.3 is 19.9 Å². The van der Waals surface area contributed by atoms with Gasteiger partial charge in [-0.3, -0.25) is 9.36 Å². The third-order valence-corrected chi connectivity index (χ3v) is 6.77. The number of rotatable bonds is 5. The maximum atomic E-state index is 14.0. The van der Waals surface area contributed by atoms with Gasteiger partial charge in [-0.1, -0.05) is 18.2 Å². The first kappa shape index (κ1) is 26.9. The number of carbonyl (C=O) groups excluding carboxylic acids is 1. The average molecular weight is 543 g/mol. The Balaban J connectivity index is 1.55. The zero-order chi connectivity index (χ0) is 28.4. The zero-order valence-electron chi connectivity index (χ0n) is 22.7. The van der Waals surface area contributed by atoms with Crippen molar-refractivity contribution < 1.29 is 13.9 Å². The number of nitrogens with one attached hydrogen (secondary N) is 2. The number of aromatic amines is 1. The van der Waals surface area contributed by atoms with Crippen LogP contribution in [0.1, 0.15) is 44.7 Å². The first-order valence-electron chi connectivity index (χ1n) is 13.2. The molecule has 1 aliphatic heterocycles. The summed E-state index contributed by atoms with van der Waals surface area (Å²) in [5, 5.41) is 13.0. The van der Waals surface area contributed by atoms with Crippen molar-refractivity contribution in [3.05, 3.63) is 81.9 Å². The number of H-pyrrole nitrogens is 1. The Kier molecular flexibility index (Phi) is 7.30. The van der Waals surface area contributed by atoms with Gasteiger partial charge in [0.25, 0.3) is 5.56 Å². The van der Waals surface area contributed by atoms with Crippen LogP contribution in [0.4, 0.5) is 15.1 Å². The Hall–Kier alpha value is -4.65. The minimum atomic E-state index is -0.616. The standard InChI is InChI=1S/C30H31FN6O3/c1-30(2,3)40-29(39)33-23-9-6-14-36(18-23)28-35-26-24(15-25(34-26)19-10-12-22(31)13-11-19)27(38)37(28)17-21-8-5-4-7-20(21)16-32/h4-5,7-8,10-13,15,23,34H,6,9,14,17-18H2,1-3H3,(H,33,39)/t23-/m1/s1. The van der Waals surface area contributed by atoms with E-state index in [1.165, 1.54) is 12.1 Å². The molecule has 1 amide bonds. The van der Waals surface area contributed by atoms with E-state index in [9.17, 15) is 19.2 Å². The van der Waals surface area contributed by atoms with E-state index in [2.05, 4.69) is 16.4 Å². The molecule has 5 rings (SSSR count). The van der Waals surface area contributed by atoms with Crippen molar-refractivity contribution >= 4 is 23.1 Å². The maximum absolute atomic E-state index is 14.0. The molecule has 206 valence electrons. The second-order valence-corrected chi connectivity index (χ2v) is 11.0. The molecule has 0 aliphatic carbocycles. The van der Waals surface area contributed by atoms with Gasteiger partial charge in [0.1, 0.15) is 17.1 Å². The first-order chi connectivity index (χ1) is 19.1. The van der Waals surface area contributed by atoms with Crippen molar-refractivity contribution in [2.75, 3.05) is 18.0 Å². The van der Waals surface area contributed by atoms with Gasteiger partial charge in [-0.2, -0.15) is 10.2 Å². The van der Waals surface area contributed by atoms with E-state index in [1.54, 1.807) is 34.9 Å². The molecule has 0 radical (unpaired) electrons. The van der Waals surface area contributed by atoms with Gasteiger partial charge in [-0.25, -0.2) is 9.18 Å². The van der Waals surface area contributed by atoms with E-state index in [1.807, 2.05) is 37.8 Å². The maximum Gasteiger partial charge on any atom is 0.407 e. The molecule has 1 atom stereocenters. The molecule has 0 spiro atoms. The Morgan fingerprint density at radius 3 is 2.70 bits per heavy atom. The van der Waals surface area contributed by atoms with Crippen LogP contribution in [0.25, 0.3) is 22.3 Å². The highest BCUT2D eigenvalue weighted by atomic mass is 19.1. The molecular weight excluding hydrogens is 511 g/mol. The smallest absolute Gasteiger partial charge is 0.407 e. The molecular formula is C30H31FN6O3. The lowest BCUT2D eigenvalue weighted by molar-refractivity contribution is 0.0499. The summed E-state index contributed by atoms with van der Waals surface area (Å²) in [7, 11) is 0. The lowest BCUT2D eigenvalue weighted by Crippen LogP contribution is -2.50. The van der Waals surface area contributed by atoms with Gasteiger partial charge in [0.15, 0.2) is 0 Å². The molecule has 2 N–H and O–H groups in total. The van der Waals surface area contributed by atoms with E-state index in [0.717, 1.165) is 18.4 Å². The molecule has 1 aliphatic rings. The number of alkyl carbamates (subject to hydrolysis) is 1. The van der Waals surface area contributed by atoms with E-state index >= 15 is 0 Å². The van der Waals surface area contributed by atoms with Crippen LogP contribution in [0.3, 0.4) is 0 Å². The fraction of sp³-hybridized carbons (Fsp3) is 0.333. The van der Waals surface area contributed by atoms with Gasteiger partial charge in [-0.15, -0.1) is 0 Å². The highest BCUT2D eigenvalue weighted by Crippen LogP contribution is 2.26. The molecule has 3 heterocycles. The van der Waals surface area contributed by atoms with Gasteiger partial charge in [-0.05, 0) is 81.1 Å². The molecule has 2 aromatic heterocycles. The van der Waals surface area contributed by atoms with E-state index in [0.29, 0.717) is 46.9 Å². The van der Waals surface area contributed by atoms with E-state index < -0.39 is 11.7 Å². The number of piperidine rings is 1. The number of carbonyl (C=O) groups is 1. The van der Waals surface area contributed by atoms with Gasteiger partial charge in [0.05, 0.1) is 23.6 Å². The van der Waals surface area contributed by atoms with E-state index in [-0.39, 0.29) is 24.0 Å². The molecule has 0 bridgehead atoms. The summed E-state index contributed by atoms with van der Waals surface area (Å²) in [6.45, 7) is 6.66. The molecule has 4 aromatic rings. The summed E-state index contributed by atoms with van der Waals surface area (Å²) in [6.07, 6.45) is 1.04. The van der Waals surface area contributed by atoms with Gasteiger partial charge in [0.2, 0.25) is 5.95 Å². The van der Waals surface area contributed by atoms with Crippen molar-refractivity contribution in [3.8, 4) is 17.3 Å². The van der Waals surface area contributed by atoms with Crippen molar-refractivity contribution in [1.82, 2.24) is 19.9 Å². The normalized spacial score (nSPS) is 15.6. The van der Waals surface area contributed by atoms with Crippen LogP contribution in [0.2, 0.25) is 0 Å². The number of anilines is 1. The molecule has 1 fully saturated rings. The SMILES string of the molecule is CC(C)(C)OC(=O)N[C@@H]1CCCN(c2nc3[nH]c(-c4ccc(F)cc4)cc3c(=O)n2Cc2ccccc2C#N)C1. The summed E-state index contributed by atoms with van der Waals surface area (Å²) in [5.41, 5.74) is 2.07. The van der Waals surface area contributed by atoms with Crippen LogP contribution in [0.15, 0.2) is 59.4 Å². The van der Waals surface area contributed by atoms with Crippen LogP contribution in [0.5, 0.6) is 0 Å². The topological polar surface area (TPSA) is 116 Å². The second kappa shape index (κ2) is 10.8. The number of benzene rings is 2. The lowest BCUT2D eigenvalue weighted by Gasteiger charge is -2.35. The van der Waals surface area contributed by atoms with Crippen molar-refractivity contribution in [2.45, 2.75) is 51.8 Å². The molecule has 2 aromatic carbocycles. The van der Waals surface area contributed by atoms with Gasteiger partial charge in [0, 0.05) is 24.8 Å². The number of ether oxygens (including phenoxy) is 1. The number of halogens is 1. The number of nitriles is 1. The fourth-order valence-corrected chi connectivity index (χ4v) is 4.95. The van der Waals surface area contributed by atoms with Crippen molar-refractivity contribution in [1.29, 1.82) is 5.26 Å². The molecule has 40 heavy (non-hydrogen) atoms. The third-order valence-electron chi connectivity index (χ3n) is 6.77. The quantitative estimate of drug-likeness (QED) is 0.369. The largest absolute Gasteiger partial charge is 0.444 e. The summed E-state index contributed by atoms with van der Waals surface area (Å²) < 4.78 is 20.5. The third kappa shape index (κ3) is 5.83. The van der Waals surface area contributed by atoms with Crippen LogP contribution >= 0.6 is 0 Å². The molecule has 0 saturated carbocycles. The van der Waals surface area contributed by atoms with Crippen LogP contribution in [-0.2, 0) is 11.3 Å². The average Bonchev–Trinajstić information content (AvgIpc) is 3.34. The van der Waals surface area contributed by atoms with Crippen LogP contribution < -0.4 is 15.8 Å². The molecule has 9 nitrogen and oxygen atoms in total. The summed E-state index contributed by atoms with van der Waals surface area (Å²) in [6, 6.07) is 16.9. The Morgan fingerprint density at radius 2 is 1.98 bits per heavy atom. The highest BCUT2D eigenvalue weighted by molar-refractivity contribution is 5.83. The number of fused-ring (bicyclic) bond motifs is 1. The molecule has 1 saturated heterocycles. The zero-order valence-corrected chi connectivity index (χ0v) is 22.7. The number of amides is 1. The first-order valence-corrected chi connectivity index (χ1v) is 13.2. The predicted molar refractivity (Wildman–Crippen MR) is 151 cm³/mol. The monoisotopic (exact) mass is 542 g/mol. The van der Waals surface area contributed by atoms with E-state index in [4.69, 9.17) is 9.72 Å². The second-order valence-electron chi connectivity index (χ2n) is 11.0. The number of hydrogen-bond donors (Lipinski definition) is 2.